The minimum Gasteiger partial charge on any atom is -0.343 e. The molecule has 5 heteroatoms. The molecule has 0 N–H and O–H groups in total. The lowest BCUT2D eigenvalue weighted by Gasteiger charge is -2.25. The molecule has 1 heterocycles. The van der Waals surface area contributed by atoms with E-state index in [1.807, 2.05) is 42.4 Å². The van der Waals surface area contributed by atoms with Gasteiger partial charge in [-0.05, 0) is 50.8 Å². The molecular weight excluding hydrogens is 294 g/mol. The Balaban J connectivity index is 1.87. The molecule has 0 saturated heterocycles. The largest absolute Gasteiger partial charge is 0.343 e. The molecule has 1 aromatic heterocycles. The van der Waals surface area contributed by atoms with Gasteiger partial charge < -0.3 is 4.90 Å². The van der Waals surface area contributed by atoms with Crippen molar-refractivity contribution in [3.63, 3.8) is 0 Å². The summed E-state index contributed by atoms with van der Waals surface area (Å²) in [5.41, 5.74) is 3.46. The number of aromatic nitrogens is 2. The van der Waals surface area contributed by atoms with Gasteiger partial charge in [0.1, 0.15) is 0 Å². The van der Waals surface area contributed by atoms with E-state index in [2.05, 4.69) is 18.9 Å². The summed E-state index contributed by atoms with van der Waals surface area (Å²) in [6.07, 6.45) is 4.96. The van der Waals surface area contributed by atoms with E-state index in [1.54, 1.807) is 0 Å². The predicted molar refractivity (Wildman–Crippen MR) is 93.3 cm³/mol. The third-order valence-corrected chi connectivity index (χ3v) is 6.18. The highest BCUT2D eigenvalue weighted by molar-refractivity contribution is 7.99. The molecule has 1 fully saturated rings. The van der Waals surface area contributed by atoms with Crippen LogP contribution in [0.2, 0.25) is 0 Å². The molecule has 22 heavy (non-hydrogen) atoms. The van der Waals surface area contributed by atoms with Gasteiger partial charge in [0.25, 0.3) is 0 Å². The van der Waals surface area contributed by atoms with Crippen molar-refractivity contribution in [2.24, 2.45) is 7.05 Å². The lowest BCUT2D eigenvalue weighted by Crippen LogP contribution is -2.35. The van der Waals surface area contributed by atoms with Gasteiger partial charge in [0.05, 0.1) is 5.69 Å². The summed E-state index contributed by atoms with van der Waals surface area (Å²) in [4.78, 5) is 14.5. The van der Waals surface area contributed by atoms with Gasteiger partial charge >= 0.3 is 0 Å². The molecular formula is C17H29N3OS. The molecule has 0 aliphatic heterocycles. The zero-order valence-corrected chi connectivity index (χ0v) is 15.4. The van der Waals surface area contributed by atoms with Crippen LogP contribution in [-0.2, 0) is 18.3 Å². The Bertz CT molecular complexity index is 526. The van der Waals surface area contributed by atoms with Crippen LogP contribution in [0.25, 0.3) is 0 Å². The van der Waals surface area contributed by atoms with Crippen LogP contribution in [0.3, 0.4) is 0 Å². The van der Waals surface area contributed by atoms with Crippen LogP contribution in [0.5, 0.6) is 0 Å². The SMILES string of the molecule is CCS[C@H]1CC[C@@H](N(C)C(=O)CCc2c(C)nn(C)c2C)C1. The second kappa shape index (κ2) is 7.53. The van der Waals surface area contributed by atoms with Crippen molar-refractivity contribution in [2.75, 3.05) is 12.8 Å². The zero-order chi connectivity index (χ0) is 16.3. The second-order valence-electron chi connectivity index (χ2n) is 6.32. The van der Waals surface area contributed by atoms with Gasteiger partial charge in [-0.25, -0.2) is 0 Å². The minimum absolute atomic E-state index is 0.273. The van der Waals surface area contributed by atoms with Gasteiger partial charge in [0.15, 0.2) is 0 Å². The molecule has 0 unspecified atom stereocenters. The van der Waals surface area contributed by atoms with E-state index >= 15 is 0 Å². The summed E-state index contributed by atoms with van der Waals surface area (Å²) in [5.74, 6) is 1.45. The summed E-state index contributed by atoms with van der Waals surface area (Å²) in [5, 5.41) is 5.17. The normalized spacial score (nSPS) is 21.3. The Morgan fingerprint density at radius 3 is 2.73 bits per heavy atom. The molecule has 1 aliphatic carbocycles. The molecule has 2 atom stereocenters. The van der Waals surface area contributed by atoms with E-state index in [0.29, 0.717) is 12.5 Å². The number of nitrogens with zero attached hydrogens (tertiary/aromatic N) is 3. The number of thioether (sulfide) groups is 1. The maximum Gasteiger partial charge on any atom is 0.222 e. The Labute approximate surface area is 138 Å². The van der Waals surface area contributed by atoms with E-state index in [9.17, 15) is 4.79 Å². The molecule has 1 aromatic rings. The van der Waals surface area contributed by atoms with Crippen LogP contribution in [-0.4, -0.2) is 44.7 Å². The van der Waals surface area contributed by atoms with Crippen LogP contribution in [0.15, 0.2) is 0 Å². The van der Waals surface area contributed by atoms with E-state index in [-0.39, 0.29) is 5.91 Å². The summed E-state index contributed by atoms with van der Waals surface area (Å²) in [6, 6.07) is 0.438. The number of hydrogen-bond donors (Lipinski definition) is 0. The quantitative estimate of drug-likeness (QED) is 0.807. The maximum absolute atomic E-state index is 12.5. The highest BCUT2D eigenvalue weighted by Gasteiger charge is 2.29. The monoisotopic (exact) mass is 323 g/mol. The van der Waals surface area contributed by atoms with Gasteiger partial charge in [0.2, 0.25) is 5.91 Å². The zero-order valence-electron chi connectivity index (χ0n) is 14.6. The maximum atomic E-state index is 12.5. The van der Waals surface area contributed by atoms with Crippen molar-refractivity contribution in [1.29, 1.82) is 0 Å². The standard InChI is InChI=1S/C17H29N3OS/c1-6-22-15-8-7-14(11-15)19(4)17(21)10-9-16-12(2)18-20(5)13(16)3/h14-15H,6-11H2,1-5H3/t14-,15+/m1/s1. The first-order valence-electron chi connectivity index (χ1n) is 8.30. The lowest BCUT2D eigenvalue weighted by atomic mass is 10.1. The molecule has 1 amide bonds. The first kappa shape index (κ1) is 17.4. The summed E-state index contributed by atoms with van der Waals surface area (Å²) < 4.78 is 1.91. The third-order valence-electron chi connectivity index (χ3n) is 4.95. The average molecular weight is 324 g/mol. The van der Waals surface area contributed by atoms with Gasteiger partial charge in [-0.15, -0.1) is 0 Å². The van der Waals surface area contributed by atoms with Gasteiger partial charge in [-0.1, -0.05) is 6.92 Å². The molecule has 4 nitrogen and oxygen atoms in total. The van der Waals surface area contributed by atoms with Crippen LogP contribution < -0.4 is 0 Å². The van der Waals surface area contributed by atoms with E-state index in [0.717, 1.165) is 30.2 Å². The van der Waals surface area contributed by atoms with E-state index in [1.165, 1.54) is 23.4 Å². The fraction of sp³-hybridized carbons (Fsp3) is 0.765. The molecule has 0 spiro atoms. The fourth-order valence-corrected chi connectivity index (χ4v) is 4.58. The van der Waals surface area contributed by atoms with Crippen LogP contribution in [0.4, 0.5) is 0 Å². The number of rotatable bonds is 6. The summed E-state index contributed by atoms with van der Waals surface area (Å²) in [6.45, 7) is 6.32. The van der Waals surface area contributed by atoms with Crippen molar-refractivity contribution in [3.05, 3.63) is 17.0 Å². The Kier molecular flexibility index (Phi) is 5.95. The number of carbonyl (C=O) groups is 1. The van der Waals surface area contributed by atoms with Gasteiger partial charge in [0, 0.05) is 37.5 Å². The fourth-order valence-electron chi connectivity index (χ4n) is 3.45. The van der Waals surface area contributed by atoms with Crippen molar-refractivity contribution in [3.8, 4) is 0 Å². The second-order valence-corrected chi connectivity index (χ2v) is 7.90. The smallest absolute Gasteiger partial charge is 0.222 e. The molecule has 2 rings (SSSR count). The van der Waals surface area contributed by atoms with Crippen molar-refractivity contribution in [1.82, 2.24) is 14.7 Å². The molecule has 1 saturated carbocycles. The Morgan fingerprint density at radius 2 is 2.14 bits per heavy atom. The number of carbonyl (C=O) groups excluding carboxylic acids is 1. The van der Waals surface area contributed by atoms with Gasteiger partial charge in [-0.3, -0.25) is 9.48 Å². The van der Waals surface area contributed by atoms with Crippen molar-refractivity contribution < 1.29 is 4.79 Å². The Hall–Kier alpha value is -0.970. The number of hydrogen-bond acceptors (Lipinski definition) is 3. The minimum atomic E-state index is 0.273. The number of aryl methyl sites for hydroxylation is 2. The Morgan fingerprint density at radius 1 is 1.41 bits per heavy atom. The van der Waals surface area contributed by atoms with Crippen LogP contribution >= 0.6 is 11.8 Å². The van der Waals surface area contributed by atoms with Gasteiger partial charge in [-0.2, -0.15) is 16.9 Å². The molecule has 124 valence electrons. The average Bonchev–Trinajstić information content (AvgIpc) is 3.03. The first-order valence-corrected chi connectivity index (χ1v) is 9.35. The highest BCUT2D eigenvalue weighted by Crippen LogP contribution is 2.32. The predicted octanol–water partition coefficient (Wildman–Crippen LogP) is 3.10. The number of amides is 1. The topological polar surface area (TPSA) is 38.1 Å². The summed E-state index contributed by atoms with van der Waals surface area (Å²) >= 11 is 2.04. The van der Waals surface area contributed by atoms with Crippen LogP contribution in [0.1, 0.15) is 49.6 Å². The molecule has 1 aliphatic rings. The van der Waals surface area contributed by atoms with E-state index in [4.69, 9.17) is 0 Å². The highest BCUT2D eigenvalue weighted by atomic mass is 32.2. The third kappa shape index (κ3) is 3.86. The van der Waals surface area contributed by atoms with Crippen molar-refractivity contribution >= 4 is 17.7 Å². The molecule has 0 bridgehead atoms. The summed E-state index contributed by atoms with van der Waals surface area (Å²) in [7, 11) is 3.94. The first-order chi connectivity index (χ1) is 10.4. The van der Waals surface area contributed by atoms with Crippen molar-refractivity contribution in [2.45, 2.75) is 64.2 Å². The molecule has 0 aromatic carbocycles. The lowest BCUT2D eigenvalue weighted by molar-refractivity contribution is -0.131. The molecule has 0 radical (unpaired) electrons. The van der Waals surface area contributed by atoms with Crippen LogP contribution in [0, 0.1) is 13.8 Å². The van der Waals surface area contributed by atoms with E-state index < -0.39 is 0 Å².